The second kappa shape index (κ2) is 10.3. The number of nitrogens with zero attached hydrogens (tertiary/aromatic N) is 4. The molecule has 1 saturated heterocycles. The molecule has 6 nitrogen and oxygen atoms in total. The summed E-state index contributed by atoms with van der Waals surface area (Å²) in [6, 6.07) is 17.3. The predicted octanol–water partition coefficient (Wildman–Crippen LogP) is 4.28. The zero-order chi connectivity index (χ0) is 22.5. The molecule has 4 rings (SSSR count). The molecular weight excluding hydrogens is 447 g/mol. The fourth-order valence-corrected chi connectivity index (χ4v) is 4.14. The number of likely N-dealkylation sites (tertiary alicyclic amines) is 1. The molecule has 0 spiro atoms. The zero-order valence-corrected chi connectivity index (χ0v) is 19.1. The van der Waals surface area contributed by atoms with Crippen LogP contribution in [-0.4, -0.2) is 51.7 Å². The molecule has 0 atom stereocenters. The van der Waals surface area contributed by atoms with E-state index in [9.17, 15) is 9.59 Å². The summed E-state index contributed by atoms with van der Waals surface area (Å²) in [4.78, 5) is 29.9. The first-order chi connectivity index (χ1) is 15.5. The molecule has 1 aromatic heterocycles. The van der Waals surface area contributed by atoms with Gasteiger partial charge >= 0.3 is 0 Å². The third-order valence-corrected chi connectivity index (χ3v) is 6.29. The number of halogens is 2. The van der Waals surface area contributed by atoms with E-state index in [0.29, 0.717) is 28.8 Å². The SMILES string of the molecule is O=C(c1ccc(=O)n(-c2ccccc2)n1)N(CCN1CCCC1)Cc1ccc(Cl)c(Cl)c1. The monoisotopic (exact) mass is 470 g/mol. The Kier molecular flexibility index (Phi) is 7.25. The Balaban J connectivity index is 1.61. The number of benzene rings is 2. The van der Waals surface area contributed by atoms with Gasteiger partial charge in [0.1, 0.15) is 5.69 Å². The number of aromatic nitrogens is 2. The van der Waals surface area contributed by atoms with Crippen LogP contribution in [0.2, 0.25) is 10.0 Å². The highest BCUT2D eigenvalue weighted by atomic mass is 35.5. The molecule has 0 unspecified atom stereocenters. The number of amides is 1. The quantitative estimate of drug-likeness (QED) is 0.516. The van der Waals surface area contributed by atoms with Crippen molar-refractivity contribution in [2.24, 2.45) is 0 Å². The summed E-state index contributed by atoms with van der Waals surface area (Å²) in [5, 5.41) is 5.29. The van der Waals surface area contributed by atoms with E-state index < -0.39 is 0 Å². The van der Waals surface area contributed by atoms with E-state index in [-0.39, 0.29) is 17.2 Å². The van der Waals surface area contributed by atoms with Gasteiger partial charge in [-0.05, 0) is 61.8 Å². The predicted molar refractivity (Wildman–Crippen MR) is 127 cm³/mol. The Bertz CT molecular complexity index is 1140. The van der Waals surface area contributed by atoms with Crippen molar-refractivity contribution in [1.82, 2.24) is 19.6 Å². The summed E-state index contributed by atoms with van der Waals surface area (Å²) in [6.45, 7) is 3.80. The number of hydrogen-bond donors (Lipinski definition) is 0. The molecule has 2 heterocycles. The van der Waals surface area contributed by atoms with Crippen LogP contribution in [0.1, 0.15) is 28.9 Å². The van der Waals surface area contributed by atoms with Gasteiger partial charge in [-0.1, -0.05) is 47.5 Å². The summed E-state index contributed by atoms with van der Waals surface area (Å²) >= 11 is 12.2. The van der Waals surface area contributed by atoms with Crippen molar-refractivity contribution in [3.63, 3.8) is 0 Å². The van der Waals surface area contributed by atoms with Crippen molar-refractivity contribution in [1.29, 1.82) is 0 Å². The highest BCUT2D eigenvalue weighted by Crippen LogP contribution is 2.23. The third kappa shape index (κ3) is 5.38. The van der Waals surface area contributed by atoms with Gasteiger partial charge in [0.05, 0.1) is 15.7 Å². The first-order valence-electron chi connectivity index (χ1n) is 10.6. The molecule has 1 amide bonds. The number of hydrogen-bond acceptors (Lipinski definition) is 4. The Morgan fingerprint density at radius 1 is 0.969 bits per heavy atom. The van der Waals surface area contributed by atoms with E-state index in [1.807, 2.05) is 24.3 Å². The smallest absolute Gasteiger partial charge is 0.274 e. The van der Waals surface area contributed by atoms with Crippen molar-refractivity contribution in [2.75, 3.05) is 26.2 Å². The summed E-state index contributed by atoms with van der Waals surface area (Å²) in [5.74, 6) is -0.236. The molecule has 0 saturated carbocycles. The molecule has 3 aromatic rings. The highest BCUT2D eigenvalue weighted by Gasteiger charge is 2.21. The van der Waals surface area contributed by atoms with Gasteiger partial charge in [0.2, 0.25) is 0 Å². The molecule has 166 valence electrons. The average molecular weight is 471 g/mol. The lowest BCUT2D eigenvalue weighted by Gasteiger charge is -2.25. The molecular formula is C24H24Cl2N4O2. The van der Waals surface area contributed by atoms with E-state index in [1.54, 1.807) is 29.2 Å². The van der Waals surface area contributed by atoms with Crippen LogP contribution in [-0.2, 0) is 6.54 Å². The standard InChI is InChI=1S/C24H24Cl2N4O2/c25-20-9-8-18(16-21(20)26)17-29(15-14-28-12-4-5-13-28)24(32)22-10-11-23(31)30(27-22)19-6-2-1-3-7-19/h1-3,6-11,16H,4-5,12-15,17H2. The van der Waals surface area contributed by atoms with Crippen molar-refractivity contribution < 1.29 is 4.79 Å². The van der Waals surface area contributed by atoms with E-state index in [1.165, 1.54) is 29.7 Å². The fourth-order valence-electron chi connectivity index (χ4n) is 3.82. The molecule has 0 bridgehead atoms. The summed E-state index contributed by atoms with van der Waals surface area (Å²) in [7, 11) is 0. The molecule has 1 aliphatic heterocycles. The Hall–Kier alpha value is -2.67. The van der Waals surface area contributed by atoms with Crippen LogP contribution in [0, 0.1) is 0 Å². The van der Waals surface area contributed by atoms with E-state index in [4.69, 9.17) is 23.2 Å². The molecule has 2 aromatic carbocycles. The lowest BCUT2D eigenvalue weighted by Crippen LogP contribution is -2.38. The van der Waals surface area contributed by atoms with Gasteiger partial charge in [0, 0.05) is 25.7 Å². The first kappa shape index (κ1) is 22.5. The van der Waals surface area contributed by atoms with Crippen LogP contribution < -0.4 is 5.56 Å². The summed E-state index contributed by atoms with van der Waals surface area (Å²) < 4.78 is 1.26. The molecule has 1 fully saturated rings. The van der Waals surface area contributed by atoms with E-state index >= 15 is 0 Å². The second-order valence-electron chi connectivity index (χ2n) is 7.83. The molecule has 32 heavy (non-hydrogen) atoms. The zero-order valence-electron chi connectivity index (χ0n) is 17.6. The van der Waals surface area contributed by atoms with E-state index in [2.05, 4.69) is 10.00 Å². The van der Waals surface area contributed by atoms with Gasteiger partial charge in [-0.3, -0.25) is 9.59 Å². The third-order valence-electron chi connectivity index (χ3n) is 5.55. The lowest BCUT2D eigenvalue weighted by atomic mass is 10.2. The summed E-state index contributed by atoms with van der Waals surface area (Å²) in [5.41, 5.74) is 1.42. The number of para-hydroxylation sites is 1. The van der Waals surface area contributed by atoms with Crippen molar-refractivity contribution in [3.8, 4) is 5.69 Å². The van der Waals surface area contributed by atoms with Crippen molar-refractivity contribution >= 4 is 29.1 Å². The van der Waals surface area contributed by atoms with Crippen LogP contribution in [0.4, 0.5) is 0 Å². The van der Waals surface area contributed by atoms with Gasteiger partial charge in [0.15, 0.2) is 0 Å². The average Bonchev–Trinajstić information content (AvgIpc) is 3.33. The van der Waals surface area contributed by atoms with Crippen LogP contribution in [0.15, 0.2) is 65.5 Å². The fraction of sp³-hybridized carbons (Fsp3) is 0.292. The Morgan fingerprint density at radius 3 is 2.44 bits per heavy atom. The van der Waals surface area contributed by atoms with E-state index in [0.717, 1.165) is 25.2 Å². The van der Waals surface area contributed by atoms with Gasteiger partial charge in [-0.25, -0.2) is 0 Å². The minimum Gasteiger partial charge on any atom is -0.332 e. The van der Waals surface area contributed by atoms with Crippen LogP contribution in [0.25, 0.3) is 5.69 Å². The minimum atomic E-state index is -0.291. The van der Waals surface area contributed by atoms with Crippen LogP contribution >= 0.6 is 23.2 Å². The topological polar surface area (TPSA) is 58.4 Å². The maximum Gasteiger partial charge on any atom is 0.274 e. The molecule has 0 N–H and O–H groups in total. The Morgan fingerprint density at radius 2 is 1.72 bits per heavy atom. The molecule has 1 aliphatic rings. The molecule has 8 heteroatoms. The van der Waals surface area contributed by atoms with Gasteiger partial charge in [-0.2, -0.15) is 9.78 Å². The molecule has 0 aliphatic carbocycles. The Labute approximate surface area is 197 Å². The minimum absolute atomic E-state index is 0.218. The summed E-state index contributed by atoms with van der Waals surface area (Å²) in [6.07, 6.45) is 2.37. The van der Waals surface area contributed by atoms with Crippen LogP contribution in [0.5, 0.6) is 0 Å². The maximum absolute atomic E-state index is 13.5. The number of rotatable bonds is 7. The lowest BCUT2D eigenvalue weighted by molar-refractivity contribution is 0.0719. The van der Waals surface area contributed by atoms with Crippen molar-refractivity contribution in [2.45, 2.75) is 19.4 Å². The van der Waals surface area contributed by atoms with Crippen molar-refractivity contribution in [3.05, 3.63) is 92.3 Å². The highest BCUT2D eigenvalue weighted by molar-refractivity contribution is 6.42. The normalized spacial score (nSPS) is 13.9. The number of carbonyl (C=O) groups excluding carboxylic acids is 1. The van der Waals surface area contributed by atoms with Crippen LogP contribution in [0.3, 0.4) is 0 Å². The number of carbonyl (C=O) groups is 1. The van der Waals surface area contributed by atoms with Gasteiger partial charge < -0.3 is 9.80 Å². The first-order valence-corrected chi connectivity index (χ1v) is 11.4. The maximum atomic E-state index is 13.5. The van der Waals surface area contributed by atoms with Gasteiger partial charge in [-0.15, -0.1) is 0 Å². The molecule has 0 radical (unpaired) electrons. The second-order valence-corrected chi connectivity index (χ2v) is 8.64. The van der Waals surface area contributed by atoms with Gasteiger partial charge in [0.25, 0.3) is 11.5 Å². The largest absolute Gasteiger partial charge is 0.332 e.